The summed E-state index contributed by atoms with van der Waals surface area (Å²) in [4.78, 5) is 16.9. The first-order valence-corrected chi connectivity index (χ1v) is 10.7. The van der Waals surface area contributed by atoms with E-state index in [9.17, 15) is 4.79 Å². The van der Waals surface area contributed by atoms with Crippen molar-refractivity contribution in [1.82, 2.24) is 14.5 Å². The van der Waals surface area contributed by atoms with Crippen molar-refractivity contribution in [2.45, 2.75) is 45.1 Å². The van der Waals surface area contributed by atoms with Gasteiger partial charge in [-0.05, 0) is 92.6 Å². The van der Waals surface area contributed by atoms with Gasteiger partial charge < -0.3 is 9.80 Å². The Morgan fingerprint density at radius 3 is 2.85 bits per heavy atom. The molecule has 0 radical (unpaired) electrons. The predicted octanol–water partition coefficient (Wildman–Crippen LogP) is 3.99. The molecule has 2 heterocycles. The van der Waals surface area contributed by atoms with E-state index in [-0.39, 0.29) is 6.03 Å². The normalized spacial score (nSPS) is 22.3. The highest BCUT2D eigenvalue weighted by molar-refractivity contribution is 14.1. The molecule has 4 rings (SSSR count). The molecule has 1 aliphatic carbocycles. The molecule has 1 fully saturated rings. The van der Waals surface area contributed by atoms with Crippen LogP contribution in [0.1, 0.15) is 43.7 Å². The maximum Gasteiger partial charge on any atom is 0.336 e. The molecular weight excluding hydrogens is 439 g/mol. The second-order valence-electron chi connectivity index (χ2n) is 7.50. The SMILES string of the molecule is CCN(CC)C(=O)Nn1cc2c3c(cc(I)cc31)[C@H]1CCCN(C)[C@@H]1C2. The number of nitrogens with zero attached hydrogens (tertiary/aromatic N) is 3. The summed E-state index contributed by atoms with van der Waals surface area (Å²) in [6.45, 7) is 6.64. The minimum Gasteiger partial charge on any atom is -0.324 e. The Morgan fingerprint density at radius 1 is 1.35 bits per heavy atom. The van der Waals surface area contributed by atoms with E-state index in [1.165, 1.54) is 39.5 Å². The van der Waals surface area contributed by atoms with E-state index in [1.54, 1.807) is 0 Å². The zero-order chi connectivity index (χ0) is 18.4. The molecule has 0 spiro atoms. The number of hydrogen-bond acceptors (Lipinski definition) is 2. The molecule has 0 bridgehead atoms. The number of benzene rings is 1. The van der Waals surface area contributed by atoms with Gasteiger partial charge in [-0.1, -0.05) is 0 Å². The molecule has 0 unspecified atom stereocenters. The first-order chi connectivity index (χ1) is 12.5. The second-order valence-corrected chi connectivity index (χ2v) is 8.75. The number of carbonyl (C=O) groups is 1. The largest absolute Gasteiger partial charge is 0.336 e. The molecule has 5 nitrogen and oxygen atoms in total. The summed E-state index contributed by atoms with van der Waals surface area (Å²) < 4.78 is 3.19. The number of likely N-dealkylation sites (tertiary alicyclic amines) is 1. The summed E-state index contributed by atoms with van der Waals surface area (Å²) in [7, 11) is 2.26. The number of nitrogens with one attached hydrogen (secondary N) is 1. The molecule has 1 aromatic carbocycles. The zero-order valence-corrected chi connectivity index (χ0v) is 17.9. The molecule has 0 saturated carbocycles. The van der Waals surface area contributed by atoms with E-state index in [0.29, 0.717) is 25.0 Å². The number of hydrogen-bond donors (Lipinski definition) is 1. The number of aromatic nitrogens is 1. The number of halogens is 1. The van der Waals surface area contributed by atoms with E-state index in [4.69, 9.17) is 0 Å². The number of likely N-dealkylation sites (N-methyl/N-ethyl adjacent to an activating group) is 1. The van der Waals surface area contributed by atoms with Crippen molar-refractivity contribution in [3.8, 4) is 0 Å². The lowest BCUT2D eigenvalue weighted by Gasteiger charge is -2.42. The molecule has 1 N–H and O–H groups in total. The Morgan fingerprint density at radius 2 is 2.12 bits per heavy atom. The van der Waals surface area contributed by atoms with Crippen LogP contribution in [0.2, 0.25) is 0 Å². The maximum atomic E-state index is 12.6. The quantitative estimate of drug-likeness (QED) is 0.696. The minimum atomic E-state index is -0.0346. The Hall–Kier alpha value is -1.28. The van der Waals surface area contributed by atoms with Gasteiger partial charge in [0.15, 0.2) is 0 Å². The van der Waals surface area contributed by atoms with Crippen molar-refractivity contribution >= 4 is 39.5 Å². The van der Waals surface area contributed by atoms with Crippen molar-refractivity contribution in [3.63, 3.8) is 0 Å². The summed E-state index contributed by atoms with van der Waals surface area (Å²) in [5, 5.41) is 1.36. The van der Waals surface area contributed by atoms with Gasteiger partial charge in [0.25, 0.3) is 0 Å². The van der Waals surface area contributed by atoms with Gasteiger partial charge in [0.1, 0.15) is 0 Å². The molecule has 140 valence electrons. The van der Waals surface area contributed by atoms with E-state index in [2.05, 4.69) is 58.3 Å². The Balaban J connectivity index is 1.79. The second kappa shape index (κ2) is 7.03. The number of amides is 2. The molecule has 26 heavy (non-hydrogen) atoms. The van der Waals surface area contributed by atoms with Crippen LogP contribution in [0.3, 0.4) is 0 Å². The third kappa shape index (κ3) is 2.91. The van der Waals surface area contributed by atoms with Crippen LogP contribution < -0.4 is 5.43 Å². The molecule has 1 saturated heterocycles. The maximum absolute atomic E-state index is 12.6. The van der Waals surface area contributed by atoms with E-state index >= 15 is 0 Å². The lowest BCUT2D eigenvalue weighted by atomic mass is 9.75. The number of rotatable bonds is 3. The summed E-state index contributed by atoms with van der Waals surface area (Å²) in [5.41, 5.74) is 7.07. The van der Waals surface area contributed by atoms with E-state index in [0.717, 1.165) is 11.9 Å². The fraction of sp³-hybridized carbons (Fsp3) is 0.550. The summed E-state index contributed by atoms with van der Waals surface area (Å²) in [5.74, 6) is 0.604. The van der Waals surface area contributed by atoms with Crippen molar-refractivity contribution in [2.24, 2.45) is 0 Å². The highest BCUT2D eigenvalue weighted by atomic mass is 127. The van der Waals surface area contributed by atoms with Gasteiger partial charge in [-0.3, -0.25) is 4.68 Å². The highest BCUT2D eigenvalue weighted by Crippen LogP contribution is 2.44. The molecule has 2 aromatic rings. The molecule has 1 aliphatic heterocycles. The topological polar surface area (TPSA) is 40.5 Å². The van der Waals surface area contributed by atoms with Crippen LogP contribution in [0.4, 0.5) is 4.79 Å². The van der Waals surface area contributed by atoms with Crippen LogP contribution in [0.25, 0.3) is 10.9 Å². The van der Waals surface area contributed by atoms with Gasteiger partial charge in [-0.2, -0.15) is 0 Å². The van der Waals surface area contributed by atoms with Crippen LogP contribution >= 0.6 is 22.6 Å². The lowest BCUT2D eigenvalue weighted by molar-refractivity contribution is 0.157. The highest BCUT2D eigenvalue weighted by Gasteiger charge is 2.36. The zero-order valence-electron chi connectivity index (χ0n) is 15.8. The van der Waals surface area contributed by atoms with Gasteiger partial charge in [-0.15, -0.1) is 0 Å². The van der Waals surface area contributed by atoms with E-state index < -0.39 is 0 Å². The van der Waals surface area contributed by atoms with Crippen molar-refractivity contribution in [3.05, 3.63) is 33.0 Å². The van der Waals surface area contributed by atoms with Crippen LogP contribution in [0, 0.1) is 3.57 Å². The standard InChI is InChI=1S/C20H27IN4O/c1-4-24(5-2)20(26)22-25-12-13-9-17-15(7-6-8-23(17)3)16-10-14(21)11-18(25)19(13)16/h10-12,15,17H,4-9H2,1-3H3,(H,22,26)/t15-,17-/m1/s1. The van der Waals surface area contributed by atoms with Crippen molar-refractivity contribution in [2.75, 3.05) is 32.1 Å². The monoisotopic (exact) mass is 466 g/mol. The molecule has 1 aromatic heterocycles. The molecule has 2 aliphatic rings. The van der Waals surface area contributed by atoms with Gasteiger partial charge in [-0.25, -0.2) is 10.2 Å². The third-order valence-corrected chi connectivity index (χ3v) is 6.75. The smallest absolute Gasteiger partial charge is 0.324 e. The first-order valence-electron chi connectivity index (χ1n) is 9.63. The van der Waals surface area contributed by atoms with Crippen molar-refractivity contribution < 1.29 is 4.79 Å². The summed E-state index contributed by atoms with van der Waals surface area (Å²) >= 11 is 2.41. The van der Waals surface area contributed by atoms with Crippen LogP contribution in [0.5, 0.6) is 0 Å². The summed E-state index contributed by atoms with van der Waals surface area (Å²) in [6.07, 6.45) is 5.74. The molecule has 2 atom stereocenters. The van der Waals surface area contributed by atoms with Gasteiger partial charge in [0, 0.05) is 40.2 Å². The van der Waals surface area contributed by atoms with Gasteiger partial charge in [0.05, 0.1) is 5.52 Å². The Bertz CT molecular complexity index is 842. The average molecular weight is 466 g/mol. The van der Waals surface area contributed by atoms with Gasteiger partial charge >= 0.3 is 6.03 Å². The van der Waals surface area contributed by atoms with Crippen molar-refractivity contribution in [1.29, 1.82) is 0 Å². The molecule has 2 amide bonds. The fourth-order valence-corrected chi connectivity index (χ4v) is 5.41. The fourth-order valence-electron chi connectivity index (χ4n) is 4.78. The average Bonchev–Trinajstić information content (AvgIpc) is 2.95. The molecule has 6 heteroatoms. The predicted molar refractivity (Wildman–Crippen MR) is 114 cm³/mol. The summed E-state index contributed by atoms with van der Waals surface area (Å²) in [6, 6.07) is 5.09. The number of piperidine rings is 1. The minimum absolute atomic E-state index is 0.0346. The van der Waals surface area contributed by atoms with Crippen LogP contribution in [-0.4, -0.2) is 53.2 Å². The molecular formula is C20H27IN4O. The first kappa shape index (κ1) is 18.1. The Labute approximate surface area is 168 Å². The lowest BCUT2D eigenvalue weighted by Crippen LogP contribution is -2.44. The number of urea groups is 1. The Kier molecular flexibility index (Phi) is 4.90. The van der Waals surface area contributed by atoms with E-state index in [1.807, 2.05) is 23.4 Å². The number of fused-ring (bicyclic) bond motifs is 2. The van der Waals surface area contributed by atoms with Gasteiger partial charge in [0.2, 0.25) is 0 Å². The van der Waals surface area contributed by atoms with Crippen LogP contribution in [-0.2, 0) is 6.42 Å². The van der Waals surface area contributed by atoms with Crippen LogP contribution in [0.15, 0.2) is 18.3 Å². The third-order valence-electron chi connectivity index (χ3n) is 6.13. The number of carbonyl (C=O) groups excluding carboxylic acids is 1.